The van der Waals surface area contributed by atoms with Gasteiger partial charge in [0, 0.05) is 11.9 Å². The van der Waals surface area contributed by atoms with Crippen LogP contribution in [0.5, 0.6) is 0 Å². The normalized spacial score (nSPS) is 12.3. The van der Waals surface area contributed by atoms with Crippen LogP contribution >= 0.6 is 11.8 Å². The number of H-pyrrole nitrogens is 1. The summed E-state index contributed by atoms with van der Waals surface area (Å²) in [7, 11) is 0. The molecule has 5 nitrogen and oxygen atoms in total. The van der Waals surface area contributed by atoms with Gasteiger partial charge in [-0.2, -0.15) is 0 Å². The van der Waals surface area contributed by atoms with Gasteiger partial charge < -0.3 is 10.3 Å². The van der Waals surface area contributed by atoms with Gasteiger partial charge in [0.1, 0.15) is 0 Å². The van der Waals surface area contributed by atoms with E-state index in [2.05, 4.69) is 39.3 Å². The number of amides is 1. The van der Waals surface area contributed by atoms with Crippen LogP contribution in [0.1, 0.15) is 30.0 Å². The number of rotatable bonds is 5. The maximum Gasteiger partial charge on any atom is 0.237 e. The lowest BCUT2D eigenvalue weighted by Crippen LogP contribution is -2.25. The summed E-state index contributed by atoms with van der Waals surface area (Å²) in [6.07, 6.45) is 4.17. The summed E-state index contributed by atoms with van der Waals surface area (Å²) >= 11 is 1.45. The number of hydrogen-bond donors (Lipinski definition) is 2. The fourth-order valence-corrected chi connectivity index (χ4v) is 3.85. The molecule has 130 valence electrons. The molecule has 0 spiro atoms. The third-order valence-corrected chi connectivity index (χ3v) is 5.35. The molecule has 2 aromatic heterocycles. The Bertz CT molecular complexity index is 863. The fraction of sp³-hybridized carbons (Fsp3) is 0.316. The number of carbonyl (C=O) groups is 1. The van der Waals surface area contributed by atoms with Gasteiger partial charge in [-0.05, 0) is 44.4 Å². The van der Waals surface area contributed by atoms with E-state index >= 15 is 0 Å². The second-order valence-electron chi connectivity index (χ2n) is 6.21. The van der Waals surface area contributed by atoms with Crippen molar-refractivity contribution in [2.24, 2.45) is 0 Å². The number of fused-ring (bicyclic) bond motifs is 1. The molecule has 6 heteroatoms. The van der Waals surface area contributed by atoms with Gasteiger partial charge in [-0.15, -0.1) is 0 Å². The summed E-state index contributed by atoms with van der Waals surface area (Å²) in [4.78, 5) is 24.6. The molecule has 0 aliphatic heterocycles. The molecule has 0 bridgehead atoms. The van der Waals surface area contributed by atoms with Crippen LogP contribution in [-0.2, 0) is 4.79 Å². The van der Waals surface area contributed by atoms with Gasteiger partial charge in [-0.1, -0.05) is 36.4 Å². The molecule has 2 N–H and O–H groups in total. The van der Waals surface area contributed by atoms with Gasteiger partial charge in [0.15, 0.2) is 5.16 Å². The molecule has 0 saturated carbocycles. The average molecular weight is 354 g/mol. The smallest absolute Gasteiger partial charge is 0.237 e. The quantitative estimate of drug-likeness (QED) is 0.667. The molecule has 25 heavy (non-hydrogen) atoms. The van der Waals surface area contributed by atoms with E-state index < -0.39 is 0 Å². The number of aromatic amines is 1. The lowest BCUT2D eigenvalue weighted by Gasteiger charge is -2.17. The number of benzene rings is 1. The number of carbonyl (C=O) groups excluding carboxylic acids is 1. The summed E-state index contributed by atoms with van der Waals surface area (Å²) in [6.45, 7) is 8.12. The molecule has 1 amide bonds. The van der Waals surface area contributed by atoms with E-state index in [-0.39, 0.29) is 11.2 Å². The Balaban J connectivity index is 1.77. The number of thioether (sulfide) groups is 1. The first-order chi connectivity index (χ1) is 12.0. The molecule has 1 atom stereocenters. The molecule has 3 aromatic rings. The van der Waals surface area contributed by atoms with Crippen molar-refractivity contribution in [3.63, 3.8) is 0 Å². The Labute approximate surface area is 151 Å². The van der Waals surface area contributed by atoms with Crippen molar-refractivity contribution in [3.8, 4) is 0 Å². The zero-order valence-electron chi connectivity index (χ0n) is 14.9. The predicted octanol–water partition coefficient (Wildman–Crippen LogP) is 4.39. The van der Waals surface area contributed by atoms with Crippen LogP contribution in [0.2, 0.25) is 0 Å². The Morgan fingerprint density at radius 1 is 1.28 bits per heavy atom. The maximum atomic E-state index is 12.8. The number of aromatic nitrogens is 3. The van der Waals surface area contributed by atoms with Gasteiger partial charge in [-0.3, -0.25) is 9.78 Å². The second-order valence-corrected chi connectivity index (χ2v) is 7.40. The number of hydrogen-bond acceptors (Lipinski definition) is 4. The standard InChI is InChI=1S/C19H22N4OS/c1-5-16(25-19-21-14-6-7-20-10-15(14)22-19)18(24)23-17-12(3)8-11(2)9-13(17)4/h6-10,16H,5H2,1-4H3,(H,21,22)(H,23,24). The topological polar surface area (TPSA) is 70.7 Å². The zero-order valence-corrected chi connectivity index (χ0v) is 15.7. The molecule has 0 saturated heterocycles. The van der Waals surface area contributed by atoms with Gasteiger partial charge in [0.25, 0.3) is 0 Å². The molecule has 1 aromatic carbocycles. The van der Waals surface area contributed by atoms with Crippen molar-refractivity contribution in [2.75, 3.05) is 5.32 Å². The van der Waals surface area contributed by atoms with Crippen molar-refractivity contribution in [2.45, 2.75) is 44.5 Å². The summed E-state index contributed by atoms with van der Waals surface area (Å²) < 4.78 is 0. The lowest BCUT2D eigenvalue weighted by atomic mass is 10.0. The van der Waals surface area contributed by atoms with E-state index in [9.17, 15) is 4.79 Å². The molecule has 0 aliphatic carbocycles. The van der Waals surface area contributed by atoms with Crippen molar-refractivity contribution >= 4 is 34.4 Å². The van der Waals surface area contributed by atoms with Gasteiger partial charge in [0.2, 0.25) is 5.91 Å². The number of nitrogens with one attached hydrogen (secondary N) is 2. The van der Waals surface area contributed by atoms with Crippen LogP contribution in [0.4, 0.5) is 5.69 Å². The van der Waals surface area contributed by atoms with E-state index in [1.54, 1.807) is 12.4 Å². The number of anilines is 1. The summed E-state index contributed by atoms with van der Waals surface area (Å²) in [5.41, 5.74) is 6.01. The predicted molar refractivity (Wildman–Crippen MR) is 103 cm³/mol. The van der Waals surface area contributed by atoms with Crippen molar-refractivity contribution in [1.82, 2.24) is 15.0 Å². The van der Waals surface area contributed by atoms with E-state index in [0.29, 0.717) is 0 Å². The molecule has 1 unspecified atom stereocenters. The monoisotopic (exact) mass is 354 g/mol. The molecule has 2 heterocycles. The minimum atomic E-state index is -0.214. The Morgan fingerprint density at radius 3 is 2.64 bits per heavy atom. The lowest BCUT2D eigenvalue weighted by molar-refractivity contribution is -0.115. The number of pyridine rings is 1. The number of nitrogens with zero attached hydrogens (tertiary/aromatic N) is 2. The highest BCUT2D eigenvalue weighted by Gasteiger charge is 2.21. The SMILES string of the molecule is CCC(Sc1nc2ccncc2[nH]1)C(=O)Nc1c(C)cc(C)cc1C. The van der Waals surface area contributed by atoms with Crippen molar-refractivity contribution < 1.29 is 4.79 Å². The van der Waals surface area contributed by atoms with Crippen LogP contribution in [0.15, 0.2) is 35.7 Å². The molecule has 0 radical (unpaired) electrons. The third-order valence-electron chi connectivity index (χ3n) is 4.10. The van der Waals surface area contributed by atoms with E-state index in [0.717, 1.165) is 39.4 Å². The second kappa shape index (κ2) is 7.27. The van der Waals surface area contributed by atoms with Gasteiger partial charge in [-0.25, -0.2) is 4.98 Å². The van der Waals surface area contributed by atoms with Crippen molar-refractivity contribution in [3.05, 3.63) is 47.3 Å². The first-order valence-corrected chi connectivity index (χ1v) is 9.21. The first-order valence-electron chi connectivity index (χ1n) is 8.33. The van der Waals surface area contributed by atoms with Crippen LogP contribution in [0, 0.1) is 20.8 Å². The van der Waals surface area contributed by atoms with E-state index in [1.165, 1.54) is 17.3 Å². The van der Waals surface area contributed by atoms with Crippen LogP contribution < -0.4 is 5.32 Å². The minimum absolute atomic E-state index is 0.00105. The molecule has 3 rings (SSSR count). The van der Waals surface area contributed by atoms with Gasteiger partial charge in [0.05, 0.1) is 22.5 Å². The Morgan fingerprint density at radius 2 is 2.00 bits per heavy atom. The molecule has 0 aliphatic rings. The van der Waals surface area contributed by atoms with Crippen LogP contribution in [-0.4, -0.2) is 26.1 Å². The maximum absolute atomic E-state index is 12.8. The highest BCUT2D eigenvalue weighted by molar-refractivity contribution is 8.00. The fourth-order valence-electron chi connectivity index (χ4n) is 2.93. The molecule has 0 fully saturated rings. The van der Waals surface area contributed by atoms with Crippen LogP contribution in [0.3, 0.4) is 0 Å². The van der Waals surface area contributed by atoms with E-state index in [1.807, 2.05) is 26.8 Å². The first kappa shape index (κ1) is 17.5. The molecular weight excluding hydrogens is 332 g/mol. The number of imidazole rings is 1. The average Bonchev–Trinajstić information content (AvgIpc) is 2.98. The largest absolute Gasteiger partial charge is 0.332 e. The highest BCUT2D eigenvalue weighted by atomic mass is 32.2. The van der Waals surface area contributed by atoms with E-state index in [4.69, 9.17) is 0 Å². The van der Waals surface area contributed by atoms with Gasteiger partial charge >= 0.3 is 0 Å². The van der Waals surface area contributed by atoms with Crippen molar-refractivity contribution in [1.29, 1.82) is 0 Å². The highest BCUT2D eigenvalue weighted by Crippen LogP contribution is 2.28. The minimum Gasteiger partial charge on any atom is -0.332 e. The summed E-state index contributed by atoms with van der Waals surface area (Å²) in [6, 6.07) is 6.03. The molecular formula is C19H22N4OS. The zero-order chi connectivity index (χ0) is 18.0. The Hall–Kier alpha value is -2.34. The Kier molecular flexibility index (Phi) is 5.08. The van der Waals surface area contributed by atoms with Crippen LogP contribution in [0.25, 0.3) is 11.0 Å². The third kappa shape index (κ3) is 3.85. The summed E-state index contributed by atoms with van der Waals surface area (Å²) in [5, 5.41) is 3.62. The number of aryl methyl sites for hydroxylation is 3. The summed E-state index contributed by atoms with van der Waals surface area (Å²) in [5.74, 6) is 0.00105.